The fraction of sp³-hybridized carbons (Fsp3) is 0.290. The molecule has 1 aromatic heterocycles. The van der Waals surface area contributed by atoms with Crippen molar-refractivity contribution in [3.8, 4) is 22.6 Å². The molecule has 0 fully saturated rings. The second-order valence-corrected chi connectivity index (χ2v) is 11.0. The molecule has 4 aromatic rings. The number of ether oxygens (including phenoxy) is 2. The summed E-state index contributed by atoms with van der Waals surface area (Å²) in [6.45, 7) is 0.704. The first-order valence-corrected chi connectivity index (χ1v) is 14.0. The van der Waals surface area contributed by atoms with Gasteiger partial charge >= 0.3 is 0 Å². The van der Waals surface area contributed by atoms with Crippen molar-refractivity contribution in [2.24, 2.45) is 12.8 Å². The fourth-order valence-corrected chi connectivity index (χ4v) is 6.60. The van der Waals surface area contributed by atoms with Gasteiger partial charge in [-0.3, -0.25) is 9.69 Å². The van der Waals surface area contributed by atoms with Gasteiger partial charge in [0.25, 0.3) is 5.91 Å². The number of primary amides is 1. The van der Waals surface area contributed by atoms with Crippen molar-refractivity contribution in [3.05, 3.63) is 98.6 Å². The highest BCUT2D eigenvalue weighted by Gasteiger charge is 2.36. The topological polar surface area (TPSA) is 82.6 Å². The molecule has 0 bridgehead atoms. The molecule has 1 amide bonds. The average molecular weight is 615 g/mol. The van der Waals surface area contributed by atoms with Gasteiger partial charge in [0.2, 0.25) is 23.3 Å². The third kappa shape index (κ3) is 4.53. The molecule has 224 valence electrons. The van der Waals surface area contributed by atoms with Gasteiger partial charge in [0.1, 0.15) is 6.10 Å². The van der Waals surface area contributed by atoms with Crippen LogP contribution in [0.1, 0.15) is 57.3 Å². The van der Waals surface area contributed by atoms with E-state index in [1.807, 2.05) is 31.3 Å². The largest absolute Gasteiger partial charge is 0.491 e. The van der Waals surface area contributed by atoms with Crippen LogP contribution in [0.4, 0.5) is 17.6 Å². The second kappa shape index (κ2) is 10.9. The number of aromatic nitrogens is 2. The molecule has 7 nitrogen and oxygen atoms in total. The first-order valence-electron chi connectivity index (χ1n) is 13.6. The smallest absolute Gasteiger partial charge is 0.284 e. The van der Waals surface area contributed by atoms with Crippen LogP contribution in [0.2, 0.25) is 5.02 Å². The standard InChI is InChI=1S/C31H27ClF4N4O3/c1-39-13-12-19-26(38-31(30(37)41)40(19)2)27(39)18-9-5-8-17(21(18)32)14-6-4-7-16-15(14)10-11-20(16)43-29-24(35)22(33)28(42-3)23(34)25(29)36/h4-9,20,27H,10-13H2,1-3H3,(H2,37,41). The predicted molar refractivity (Wildman–Crippen MR) is 151 cm³/mol. The maximum atomic E-state index is 14.7. The van der Waals surface area contributed by atoms with Crippen molar-refractivity contribution in [2.45, 2.75) is 31.4 Å². The van der Waals surface area contributed by atoms with Crippen LogP contribution in [-0.2, 0) is 19.9 Å². The number of methoxy groups -OCH3 is 1. The molecule has 12 heteroatoms. The minimum absolute atomic E-state index is 0.175. The highest BCUT2D eigenvalue weighted by Crippen LogP contribution is 2.46. The molecule has 1 aliphatic heterocycles. The van der Waals surface area contributed by atoms with Crippen LogP contribution in [0.25, 0.3) is 11.1 Å². The SMILES string of the molecule is COc1c(F)c(F)c(OC2CCc3c(-c4cccc(C5c6nc(C(N)=O)n(C)c6CCN5C)c4Cl)cccc32)c(F)c1F. The maximum absolute atomic E-state index is 14.7. The van der Waals surface area contributed by atoms with Gasteiger partial charge in [-0.25, -0.2) is 4.98 Å². The Morgan fingerprint density at radius 1 is 0.953 bits per heavy atom. The van der Waals surface area contributed by atoms with Crippen LogP contribution in [0.15, 0.2) is 36.4 Å². The normalized spacial score (nSPS) is 18.0. The molecule has 2 unspecified atom stereocenters. The Kier molecular flexibility index (Phi) is 7.34. The van der Waals surface area contributed by atoms with E-state index in [9.17, 15) is 22.4 Å². The van der Waals surface area contributed by atoms with E-state index < -0.39 is 46.8 Å². The summed E-state index contributed by atoms with van der Waals surface area (Å²) in [5, 5.41) is 0.479. The lowest BCUT2D eigenvalue weighted by molar-refractivity contribution is 0.0987. The number of carbonyl (C=O) groups excluding carboxylic acids is 1. The van der Waals surface area contributed by atoms with Gasteiger partial charge in [-0.1, -0.05) is 48.0 Å². The molecule has 0 saturated carbocycles. The number of likely N-dealkylation sites (N-methyl/N-ethyl adjacent to an activating group) is 1. The van der Waals surface area contributed by atoms with Gasteiger partial charge in [0.15, 0.2) is 17.3 Å². The van der Waals surface area contributed by atoms with E-state index in [1.54, 1.807) is 23.7 Å². The van der Waals surface area contributed by atoms with E-state index in [0.29, 0.717) is 42.1 Å². The molecule has 1 aliphatic carbocycles. The molecule has 2 aliphatic rings. The predicted octanol–water partition coefficient (Wildman–Crippen LogP) is 6.05. The third-order valence-electron chi connectivity index (χ3n) is 8.34. The number of hydrogen-bond acceptors (Lipinski definition) is 5. The summed E-state index contributed by atoms with van der Waals surface area (Å²) in [5.74, 6) is -9.40. The molecule has 0 spiro atoms. The molecule has 0 saturated heterocycles. The molecule has 2 N–H and O–H groups in total. The average Bonchev–Trinajstić information content (AvgIpc) is 3.56. The zero-order valence-electron chi connectivity index (χ0n) is 23.5. The van der Waals surface area contributed by atoms with E-state index in [-0.39, 0.29) is 11.9 Å². The Morgan fingerprint density at radius 2 is 1.58 bits per heavy atom. The minimum Gasteiger partial charge on any atom is -0.491 e. The molecule has 2 atom stereocenters. The number of nitrogens with two attached hydrogens (primary N) is 1. The van der Waals surface area contributed by atoms with Crippen LogP contribution in [0.3, 0.4) is 0 Å². The summed E-state index contributed by atoms with van der Waals surface area (Å²) in [6.07, 6.45) is 0.612. The molecule has 6 rings (SSSR count). The van der Waals surface area contributed by atoms with Crippen molar-refractivity contribution < 1.29 is 31.8 Å². The van der Waals surface area contributed by atoms with Gasteiger partial charge in [0, 0.05) is 31.3 Å². The molecular formula is C31H27ClF4N4O3. The number of rotatable bonds is 6. The summed E-state index contributed by atoms with van der Waals surface area (Å²) in [6, 6.07) is 10.7. The molecular weight excluding hydrogens is 588 g/mol. The Morgan fingerprint density at radius 3 is 2.23 bits per heavy atom. The lowest BCUT2D eigenvalue weighted by Gasteiger charge is -2.33. The maximum Gasteiger partial charge on any atom is 0.284 e. The number of amides is 1. The molecule has 3 aromatic carbocycles. The van der Waals surface area contributed by atoms with Gasteiger partial charge in [-0.2, -0.15) is 17.6 Å². The highest BCUT2D eigenvalue weighted by atomic mass is 35.5. The number of benzene rings is 3. The monoisotopic (exact) mass is 614 g/mol. The van der Waals surface area contributed by atoms with Gasteiger partial charge in [-0.15, -0.1) is 0 Å². The number of halogens is 5. The Labute approximate surface area is 249 Å². The summed E-state index contributed by atoms with van der Waals surface area (Å²) < 4.78 is 69.9. The van der Waals surface area contributed by atoms with Crippen molar-refractivity contribution in [3.63, 3.8) is 0 Å². The summed E-state index contributed by atoms with van der Waals surface area (Å²) in [5.41, 5.74) is 11.0. The Bertz CT molecular complexity index is 1760. The van der Waals surface area contributed by atoms with Crippen LogP contribution < -0.4 is 15.2 Å². The van der Waals surface area contributed by atoms with Crippen molar-refractivity contribution in [1.82, 2.24) is 14.5 Å². The van der Waals surface area contributed by atoms with E-state index in [2.05, 4.69) is 14.6 Å². The lowest BCUT2D eigenvalue weighted by Crippen LogP contribution is -2.33. The quantitative estimate of drug-likeness (QED) is 0.211. The van der Waals surface area contributed by atoms with Crippen LogP contribution in [0, 0.1) is 23.3 Å². The molecule has 2 heterocycles. The van der Waals surface area contributed by atoms with E-state index in [1.165, 1.54) is 0 Å². The van der Waals surface area contributed by atoms with E-state index >= 15 is 0 Å². The second-order valence-electron chi connectivity index (χ2n) is 10.7. The van der Waals surface area contributed by atoms with Crippen molar-refractivity contribution >= 4 is 17.5 Å². The minimum atomic E-state index is -1.67. The number of imidazole rings is 1. The zero-order valence-corrected chi connectivity index (χ0v) is 24.2. The summed E-state index contributed by atoms with van der Waals surface area (Å²) in [7, 11) is 4.64. The fourth-order valence-electron chi connectivity index (χ4n) is 6.27. The van der Waals surface area contributed by atoms with Gasteiger partial charge in [0.05, 0.1) is 23.9 Å². The number of nitrogens with zero attached hydrogens (tertiary/aromatic N) is 3. The van der Waals surface area contributed by atoms with Crippen LogP contribution in [0.5, 0.6) is 11.5 Å². The van der Waals surface area contributed by atoms with E-state index in [4.69, 9.17) is 22.1 Å². The Balaban J connectivity index is 1.39. The highest BCUT2D eigenvalue weighted by molar-refractivity contribution is 6.34. The van der Waals surface area contributed by atoms with Crippen molar-refractivity contribution in [2.75, 3.05) is 20.7 Å². The Hall–Kier alpha value is -4.09. The first-order chi connectivity index (χ1) is 20.5. The van der Waals surface area contributed by atoms with Gasteiger partial charge < -0.3 is 19.8 Å². The molecule has 43 heavy (non-hydrogen) atoms. The summed E-state index contributed by atoms with van der Waals surface area (Å²) >= 11 is 7.11. The first kappa shape index (κ1) is 29.0. The van der Waals surface area contributed by atoms with Gasteiger partial charge in [-0.05, 0) is 42.1 Å². The zero-order chi connectivity index (χ0) is 30.7. The van der Waals surface area contributed by atoms with Crippen molar-refractivity contribution in [1.29, 1.82) is 0 Å². The number of carbonyl (C=O) groups is 1. The van der Waals surface area contributed by atoms with Crippen LogP contribution in [-0.4, -0.2) is 41.1 Å². The summed E-state index contributed by atoms with van der Waals surface area (Å²) in [4.78, 5) is 18.7. The lowest BCUT2D eigenvalue weighted by atomic mass is 9.91. The number of fused-ring (bicyclic) bond motifs is 2. The number of hydrogen-bond donors (Lipinski definition) is 1. The molecule has 0 radical (unpaired) electrons. The third-order valence-corrected chi connectivity index (χ3v) is 8.76. The van der Waals surface area contributed by atoms with E-state index in [0.717, 1.165) is 35.1 Å². The van der Waals surface area contributed by atoms with Crippen LogP contribution >= 0.6 is 11.6 Å².